The summed E-state index contributed by atoms with van der Waals surface area (Å²) in [5.41, 5.74) is 0. The lowest BCUT2D eigenvalue weighted by Crippen LogP contribution is -2.46. The Hall–Kier alpha value is -0.410. The average Bonchev–Trinajstić information content (AvgIpc) is 2.27. The van der Waals surface area contributed by atoms with E-state index in [9.17, 15) is 4.79 Å². The molecule has 2 rings (SSSR count). The van der Waals surface area contributed by atoms with Crippen molar-refractivity contribution in [3.05, 3.63) is 0 Å². The number of Topliss-reactive ketones (excluding diaryl/α,β-unsaturated/α-hetero) is 1. The van der Waals surface area contributed by atoms with Gasteiger partial charge in [0.2, 0.25) is 0 Å². The smallest absolute Gasteiger partial charge is 0.141 e. The Morgan fingerprint density at radius 2 is 2.19 bits per heavy atom. The first-order valence-electron chi connectivity index (χ1n) is 6.51. The van der Waals surface area contributed by atoms with Crippen molar-refractivity contribution in [3.8, 4) is 0 Å². The van der Waals surface area contributed by atoms with Crippen LogP contribution in [0.4, 0.5) is 0 Å². The maximum Gasteiger partial charge on any atom is 0.141 e. The number of rotatable bonds is 2. The normalized spacial score (nSPS) is 37.6. The Kier molecular flexibility index (Phi) is 3.98. The van der Waals surface area contributed by atoms with E-state index in [0.717, 1.165) is 19.0 Å². The van der Waals surface area contributed by atoms with Crippen molar-refractivity contribution >= 4 is 5.78 Å². The number of hydrogen-bond donors (Lipinski definition) is 0. The lowest BCUT2D eigenvalue weighted by atomic mass is 9.92. The lowest BCUT2D eigenvalue weighted by Gasteiger charge is -2.39. The highest BCUT2D eigenvalue weighted by molar-refractivity contribution is 5.82. The van der Waals surface area contributed by atoms with E-state index in [2.05, 4.69) is 18.7 Å². The summed E-state index contributed by atoms with van der Waals surface area (Å²) in [6.45, 7) is 7.89. The van der Waals surface area contributed by atoms with Crippen LogP contribution in [0.15, 0.2) is 0 Å². The summed E-state index contributed by atoms with van der Waals surface area (Å²) in [7, 11) is 0. The predicted molar refractivity (Wildman–Crippen MR) is 63.4 cm³/mol. The molecule has 3 unspecified atom stereocenters. The molecule has 0 aromatic heterocycles. The monoisotopic (exact) mass is 225 g/mol. The maximum atomic E-state index is 11.7. The van der Waals surface area contributed by atoms with Gasteiger partial charge in [-0.2, -0.15) is 0 Å². The van der Waals surface area contributed by atoms with Gasteiger partial charge in [-0.1, -0.05) is 6.92 Å². The molecule has 2 fully saturated rings. The SMILES string of the molecule is CC1CCC(C)N(CC2COCCC2=O)C1. The largest absolute Gasteiger partial charge is 0.380 e. The van der Waals surface area contributed by atoms with E-state index < -0.39 is 0 Å². The number of hydrogen-bond acceptors (Lipinski definition) is 3. The Bertz CT molecular complexity index is 254. The highest BCUT2D eigenvalue weighted by Crippen LogP contribution is 2.23. The summed E-state index contributed by atoms with van der Waals surface area (Å²) in [4.78, 5) is 14.2. The second kappa shape index (κ2) is 5.28. The van der Waals surface area contributed by atoms with Crippen molar-refractivity contribution in [1.29, 1.82) is 0 Å². The fraction of sp³-hybridized carbons (Fsp3) is 0.923. The van der Waals surface area contributed by atoms with E-state index in [4.69, 9.17) is 4.74 Å². The maximum absolute atomic E-state index is 11.7. The second-order valence-corrected chi connectivity index (χ2v) is 5.47. The number of nitrogens with zero attached hydrogens (tertiary/aromatic N) is 1. The average molecular weight is 225 g/mol. The van der Waals surface area contributed by atoms with Crippen molar-refractivity contribution in [2.45, 2.75) is 39.2 Å². The molecule has 0 spiro atoms. The van der Waals surface area contributed by atoms with Crippen molar-refractivity contribution in [3.63, 3.8) is 0 Å². The van der Waals surface area contributed by atoms with E-state index in [1.165, 1.54) is 12.8 Å². The third kappa shape index (κ3) is 2.83. The van der Waals surface area contributed by atoms with Gasteiger partial charge in [0, 0.05) is 25.6 Å². The zero-order valence-electron chi connectivity index (χ0n) is 10.4. The molecule has 3 atom stereocenters. The molecule has 3 heteroatoms. The van der Waals surface area contributed by atoms with E-state index in [1.54, 1.807) is 0 Å². The standard InChI is InChI=1S/C13H23NO2/c1-10-3-4-11(2)14(7-10)8-12-9-16-6-5-13(12)15/h10-12H,3-9H2,1-2H3. The van der Waals surface area contributed by atoms with Crippen LogP contribution in [-0.4, -0.2) is 43.0 Å². The van der Waals surface area contributed by atoms with Crippen LogP contribution in [0.3, 0.4) is 0 Å². The predicted octanol–water partition coefficient (Wildman–Crippen LogP) is 1.71. The summed E-state index contributed by atoms with van der Waals surface area (Å²) < 4.78 is 5.41. The minimum atomic E-state index is 0.126. The first-order chi connectivity index (χ1) is 7.66. The molecule has 0 saturated carbocycles. The third-order valence-electron chi connectivity index (χ3n) is 3.97. The first kappa shape index (κ1) is 12.1. The van der Waals surface area contributed by atoms with Crippen LogP contribution in [0.5, 0.6) is 0 Å². The minimum absolute atomic E-state index is 0.126. The van der Waals surface area contributed by atoms with Crippen LogP contribution in [0.1, 0.15) is 33.1 Å². The molecule has 0 aromatic rings. The molecule has 2 heterocycles. The number of carbonyl (C=O) groups excluding carboxylic acids is 1. The molecular weight excluding hydrogens is 202 g/mol. The van der Waals surface area contributed by atoms with Gasteiger partial charge in [-0.05, 0) is 25.7 Å². The summed E-state index contributed by atoms with van der Waals surface area (Å²) in [6, 6.07) is 0.630. The van der Waals surface area contributed by atoms with Gasteiger partial charge in [0.1, 0.15) is 5.78 Å². The van der Waals surface area contributed by atoms with Gasteiger partial charge in [0.15, 0.2) is 0 Å². The minimum Gasteiger partial charge on any atom is -0.380 e. The molecule has 2 aliphatic heterocycles. The van der Waals surface area contributed by atoms with Gasteiger partial charge in [0.25, 0.3) is 0 Å². The van der Waals surface area contributed by atoms with E-state index in [-0.39, 0.29) is 5.92 Å². The molecule has 2 aliphatic rings. The molecular formula is C13H23NO2. The molecule has 0 bridgehead atoms. The lowest BCUT2D eigenvalue weighted by molar-refractivity contribution is -0.131. The van der Waals surface area contributed by atoms with Gasteiger partial charge in [-0.3, -0.25) is 9.69 Å². The summed E-state index contributed by atoms with van der Waals surface area (Å²) >= 11 is 0. The van der Waals surface area contributed by atoms with Crippen molar-refractivity contribution in [2.75, 3.05) is 26.3 Å². The van der Waals surface area contributed by atoms with Gasteiger partial charge in [-0.25, -0.2) is 0 Å². The first-order valence-corrected chi connectivity index (χ1v) is 6.51. The van der Waals surface area contributed by atoms with Crippen LogP contribution in [0, 0.1) is 11.8 Å². The highest BCUT2D eigenvalue weighted by Gasteiger charge is 2.29. The Morgan fingerprint density at radius 3 is 2.94 bits per heavy atom. The molecule has 0 amide bonds. The molecule has 92 valence electrons. The Morgan fingerprint density at radius 1 is 1.38 bits per heavy atom. The van der Waals surface area contributed by atoms with Gasteiger partial charge >= 0.3 is 0 Å². The van der Waals surface area contributed by atoms with E-state index >= 15 is 0 Å². The number of ether oxygens (including phenoxy) is 1. The van der Waals surface area contributed by atoms with Crippen LogP contribution in [-0.2, 0) is 9.53 Å². The topological polar surface area (TPSA) is 29.5 Å². The second-order valence-electron chi connectivity index (χ2n) is 5.47. The van der Waals surface area contributed by atoms with E-state index in [0.29, 0.717) is 31.5 Å². The van der Waals surface area contributed by atoms with E-state index in [1.807, 2.05) is 0 Å². The van der Waals surface area contributed by atoms with Crippen molar-refractivity contribution < 1.29 is 9.53 Å². The molecule has 0 N–H and O–H groups in total. The molecule has 0 aliphatic carbocycles. The van der Waals surface area contributed by atoms with Crippen LogP contribution < -0.4 is 0 Å². The summed E-state index contributed by atoms with van der Waals surface area (Å²) in [5.74, 6) is 1.30. The number of likely N-dealkylation sites (tertiary alicyclic amines) is 1. The highest BCUT2D eigenvalue weighted by atomic mass is 16.5. The van der Waals surface area contributed by atoms with Gasteiger partial charge < -0.3 is 4.74 Å². The molecule has 16 heavy (non-hydrogen) atoms. The number of ketones is 1. The van der Waals surface area contributed by atoms with Crippen LogP contribution >= 0.6 is 0 Å². The van der Waals surface area contributed by atoms with Gasteiger partial charge in [0.05, 0.1) is 19.1 Å². The quantitative estimate of drug-likeness (QED) is 0.716. The Balaban J connectivity index is 1.89. The van der Waals surface area contributed by atoms with Gasteiger partial charge in [-0.15, -0.1) is 0 Å². The Labute approximate surface area is 98.1 Å². The van der Waals surface area contributed by atoms with Crippen LogP contribution in [0.25, 0.3) is 0 Å². The zero-order valence-corrected chi connectivity index (χ0v) is 10.4. The zero-order chi connectivity index (χ0) is 11.5. The fourth-order valence-corrected chi connectivity index (χ4v) is 2.77. The molecule has 0 aromatic carbocycles. The molecule has 3 nitrogen and oxygen atoms in total. The van der Waals surface area contributed by atoms with Crippen LogP contribution in [0.2, 0.25) is 0 Å². The van der Waals surface area contributed by atoms with Crippen molar-refractivity contribution in [2.24, 2.45) is 11.8 Å². The third-order valence-corrected chi connectivity index (χ3v) is 3.97. The number of carbonyl (C=O) groups is 1. The van der Waals surface area contributed by atoms with Crippen molar-refractivity contribution in [1.82, 2.24) is 4.90 Å². The summed E-state index contributed by atoms with van der Waals surface area (Å²) in [6.07, 6.45) is 3.21. The number of piperidine rings is 1. The molecule has 2 saturated heterocycles. The fourth-order valence-electron chi connectivity index (χ4n) is 2.77. The summed E-state index contributed by atoms with van der Waals surface area (Å²) in [5, 5.41) is 0. The molecule has 0 radical (unpaired) electrons.